The summed E-state index contributed by atoms with van der Waals surface area (Å²) in [5.41, 5.74) is 0.590. The van der Waals surface area contributed by atoms with Gasteiger partial charge in [0.1, 0.15) is 31.3 Å². The summed E-state index contributed by atoms with van der Waals surface area (Å²) in [5.74, 6) is 0.666. The number of fused-ring (bicyclic) bond motifs is 2. The maximum absolute atomic E-state index is 12.7. The molecule has 172 valence electrons. The van der Waals surface area contributed by atoms with E-state index in [0.29, 0.717) is 71.5 Å². The Hall–Kier alpha value is -3.23. The van der Waals surface area contributed by atoms with Crippen molar-refractivity contribution in [1.82, 2.24) is 0 Å². The number of halogens is 1. The van der Waals surface area contributed by atoms with Crippen LogP contribution in [0.4, 0.5) is 0 Å². The summed E-state index contributed by atoms with van der Waals surface area (Å²) in [6.07, 6.45) is 0.941. The molecule has 0 spiro atoms. The van der Waals surface area contributed by atoms with Crippen molar-refractivity contribution in [3.05, 3.63) is 51.6 Å². The molecular weight excluding hydrogens is 452 g/mol. The minimum Gasteiger partial charge on any atom is -0.490 e. The zero-order chi connectivity index (χ0) is 22.9. The molecule has 9 heteroatoms. The van der Waals surface area contributed by atoms with E-state index in [4.69, 9.17) is 40.1 Å². The highest BCUT2D eigenvalue weighted by atomic mass is 35.5. The molecule has 0 atom stereocenters. The van der Waals surface area contributed by atoms with Crippen LogP contribution in [0.15, 0.2) is 45.6 Å². The van der Waals surface area contributed by atoms with Crippen LogP contribution in [0.25, 0.3) is 22.3 Å². The lowest BCUT2D eigenvalue weighted by molar-refractivity contribution is -0.151. The highest BCUT2D eigenvalue weighted by molar-refractivity contribution is 6.34. The Morgan fingerprint density at radius 3 is 2.61 bits per heavy atom. The quantitative estimate of drug-likeness (QED) is 0.511. The van der Waals surface area contributed by atoms with E-state index in [1.807, 2.05) is 0 Å². The summed E-state index contributed by atoms with van der Waals surface area (Å²) in [6.45, 7) is 1.34. The number of aliphatic carboxylic acids is 1. The van der Waals surface area contributed by atoms with Crippen molar-refractivity contribution in [2.24, 2.45) is 5.92 Å². The molecule has 1 aliphatic heterocycles. The van der Waals surface area contributed by atoms with Crippen LogP contribution >= 0.6 is 11.6 Å². The number of hydrogen-bond acceptors (Lipinski definition) is 7. The van der Waals surface area contributed by atoms with E-state index >= 15 is 0 Å². The SMILES string of the molecule is O=c1cc(-c2cc3c(cc2OCCO[C@H]2C[C@@H](C(=O)O)C2)OCCO3)oc2c(Cl)cccc12. The number of para-hydroxylation sites is 1. The van der Waals surface area contributed by atoms with Crippen LogP contribution in [0.1, 0.15) is 12.8 Å². The van der Waals surface area contributed by atoms with Crippen LogP contribution in [0, 0.1) is 5.92 Å². The first-order valence-electron chi connectivity index (χ1n) is 10.6. The number of carboxylic acids is 1. The van der Waals surface area contributed by atoms with Crippen molar-refractivity contribution in [1.29, 1.82) is 0 Å². The summed E-state index contributed by atoms with van der Waals surface area (Å²) in [7, 11) is 0. The Morgan fingerprint density at radius 1 is 1.09 bits per heavy atom. The molecule has 1 saturated carbocycles. The van der Waals surface area contributed by atoms with Gasteiger partial charge >= 0.3 is 5.97 Å². The van der Waals surface area contributed by atoms with Crippen LogP contribution in [-0.2, 0) is 9.53 Å². The number of benzene rings is 2. The van der Waals surface area contributed by atoms with E-state index in [1.54, 1.807) is 30.3 Å². The lowest BCUT2D eigenvalue weighted by atomic mass is 9.82. The Bertz CT molecular complexity index is 1260. The van der Waals surface area contributed by atoms with E-state index in [9.17, 15) is 9.59 Å². The van der Waals surface area contributed by atoms with E-state index < -0.39 is 5.97 Å². The molecule has 2 aliphatic rings. The van der Waals surface area contributed by atoms with Gasteiger partial charge in [0.25, 0.3) is 0 Å². The minimum atomic E-state index is -0.788. The number of carbonyl (C=O) groups is 1. The second kappa shape index (κ2) is 8.96. The average Bonchev–Trinajstić information content (AvgIpc) is 2.77. The lowest BCUT2D eigenvalue weighted by Gasteiger charge is -2.32. The monoisotopic (exact) mass is 472 g/mol. The van der Waals surface area contributed by atoms with Gasteiger partial charge in [0, 0.05) is 12.1 Å². The fourth-order valence-electron chi connectivity index (χ4n) is 3.93. The first-order valence-corrected chi connectivity index (χ1v) is 11.0. The predicted octanol–water partition coefficient (Wildman–Crippen LogP) is 4.14. The topological polar surface area (TPSA) is 104 Å². The van der Waals surface area contributed by atoms with Crippen LogP contribution in [-0.4, -0.2) is 43.6 Å². The molecule has 5 rings (SSSR count). The second-order valence-electron chi connectivity index (χ2n) is 7.93. The molecule has 1 fully saturated rings. The Kier molecular flexibility index (Phi) is 5.86. The zero-order valence-electron chi connectivity index (χ0n) is 17.5. The molecule has 0 bridgehead atoms. The van der Waals surface area contributed by atoms with Gasteiger partial charge in [-0.1, -0.05) is 17.7 Å². The molecule has 2 heterocycles. The third kappa shape index (κ3) is 4.36. The number of rotatable bonds is 7. The Balaban J connectivity index is 1.40. The molecule has 3 aromatic rings. The van der Waals surface area contributed by atoms with E-state index in [1.165, 1.54) is 6.07 Å². The van der Waals surface area contributed by atoms with Crippen LogP contribution in [0.5, 0.6) is 17.2 Å². The third-order valence-corrected chi connectivity index (χ3v) is 6.05. The largest absolute Gasteiger partial charge is 0.490 e. The maximum Gasteiger partial charge on any atom is 0.306 e. The molecule has 0 unspecified atom stereocenters. The van der Waals surface area contributed by atoms with Crippen molar-refractivity contribution < 1.29 is 33.3 Å². The van der Waals surface area contributed by atoms with Crippen molar-refractivity contribution in [3.8, 4) is 28.6 Å². The number of ether oxygens (including phenoxy) is 4. The summed E-state index contributed by atoms with van der Waals surface area (Å²) >= 11 is 6.26. The van der Waals surface area contributed by atoms with Crippen molar-refractivity contribution >= 4 is 28.5 Å². The summed E-state index contributed by atoms with van der Waals surface area (Å²) in [5, 5.41) is 9.69. The Labute approximate surface area is 193 Å². The molecule has 1 N–H and O–H groups in total. The van der Waals surface area contributed by atoms with Gasteiger partial charge in [0.05, 0.1) is 34.6 Å². The Morgan fingerprint density at radius 2 is 1.85 bits per heavy atom. The van der Waals surface area contributed by atoms with E-state index in [-0.39, 0.29) is 29.8 Å². The molecule has 0 radical (unpaired) electrons. The fraction of sp³-hybridized carbons (Fsp3) is 0.333. The summed E-state index contributed by atoms with van der Waals surface area (Å²) in [4.78, 5) is 23.6. The van der Waals surface area contributed by atoms with Gasteiger partial charge in [-0.2, -0.15) is 0 Å². The fourth-order valence-corrected chi connectivity index (χ4v) is 4.14. The highest BCUT2D eigenvalue weighted by Gasteiger charge is 2.35. The molecule has 0 amide bonds. The third-order valence-electron chi connectivity index (χ3n) is 5.76. The van der Waals surface area contributed by atoms with Crippen molar-refractivity contribution in [3.63, 3.8) is 0 Å². The summed E-state index contributed by atoms with van der Waals surface area (Å²) in [6, 6.07) is 9.82. The molecule has 0 saturated heterocycles. The van der Waals surface area contributed by atoms with E-state index in [0.717, 1.165) is 0 Å². The maximum atomic E-state index is 12.7. The predicted molar refractivity (Wildman–Crippen MR) is 120 cm³/mol. The number of hydrogen-bond donors (Lipinski definition) is 1. The molecule has 33 heavy (non-hydrogen) atoms. The standard InChI is InChI=1S/C24H21ClO8/c25-17-3-1-2-15-18(26)11-20(33-23(15)17)16-10-21-22(32-7-6-31-21)12-19(16)30-5-4-29-14-8-13(9-14)24(27)28/h1-3,10-14H,4-9H2,(H,27,28)/t13-,14+. The number of carboxylic acid groups (broad SMARTS) is 1. The van der Waals surface area contributed by atoms with Gasteiger partial charge in [0.2, 0.25) is 0 Å². The average molecular weight is 473 g/mol. The molecular formula is C24H21ClO8. The second-order valence-corrected chi connectivity index (χ2v) is 8.34. The molecule has 1 aliphatic carbocycles. The van der Waals surface area contributed by atoms with Gasteiger partial charge in [0.15, 0.2) is 22.5 Å². The van der Waals surface area contributed by atoms with Crippen molar-refractivity contribution in [2.45, 2.75) is 18.9 Å². The lowest BCUT2D eigenvalue weighted by Crippen LogP contribution is -2.37. The van der Waals surface area contributed by atoms with Gasteiger partial charge in [-0.05, 0) is 31.0 Å². The highest BCUT2D eigenvalue weighted by Crippen LogP contribution is 2.42. The minimum absolute atomic E-state index is 0.0740. The first-order chi connectivity index (χ1) is 16.0. The molecule has 2 aromatic carbocycles. The van der Waals surface area contributed by atoms with Gasteiger partial charge < -0.3 is 28.5 Å². The molecule has 8 nitrogen and oxygen atoms in total. The van der Waals surface area contributed by atoms with Gasteiger partial charge in [-0.25, -0.2) is 0 Å². The van der Waals surface area contributed by atoms with Gasteiger partial charge in [-0.15, -0.1) is 0 Å². The van der Waals surface area contributed by atoms with Crippen LogP contribution < -0.4 is 19.6 Å². The van der Waals surface area contributed by atoms with Gasteiger partial charge in [-0.3, -0.25) is 9.59 Å². The van der Waals surface area contributed by atoms with Crippen LogP contribution in [0.2, 0.25) is 5.02 Å². The van der Waals surface area contributed by atoms with Crippen LogP contribution in [0.3, 0.4) is 0 Å². The zero-order valence-corrected chi connectivity index (χ0v) is 18.3. The summed E-state index contributed by atoms with van der Waals surface area (Å²) < 4.78 is 29.0. The van der Waals surface area contributed by atoms with Crippen molar-refractivity contribution in [2.75, 3.05) is 26.4 Å². The normalized spacial score (nSPS) is 19.2. The first kappa shape index (κ1) is 21.6. The smallest absolute Gasteiger partial charge is 0.306 e. The molecule has 1 aromatic heterocycles. The van der Waals surface area contributed by atoms with E-state index in [2.05, 4.69) is 0 Å².